The van der Waals surface area contributed by atoms with Crippen molar-refractivity contribution in [2.24, 2.45) is 5.10 Å². The molecule has 0 aliphatic heterocycles. The Bertz CT molecular complexity index is 1380. The SMILES string of the molecule is O=c1[nH]c2ccccc2c(=O)n1N=Cc1cc(Br)ccc1OCc1ccccc1F. The second kappa shape index (κ2) is 8.46. The molecule has 0 saturated heterocycles. The van der Waals surface area contributed by atoms with Gasteiger partial charge in [0.05, 0.1) is 17.1 Å². The quantitative estimate of drug-likeness (QED) is 0.449. The van der Waals surface area contributed by atoms with Gasteiger partial charge >= 0.3 is 5.69 Å². The van der Waals surface area contributed by atoms with E-state index in [1.165, 1.54) is 12.3 Å². The molecule has 0 bridgehead atoms. The van der Waals surface area contributed by atoms with Gasteiger partial charge in [0.15, 0.2) is 0 Å². The van der Waals surface area contributed by atoms with Crippen LogP contribution in [0.5, 0.6) is 5.75 Å². The van der Waals surface area contributed by atoms with Crippen LogP contribution in [0.4, 0.5) is 4.39 Å². The van der Waals surface area contributed by atoms with E-state index in [2.05, 4.69) is 26.0 Å². The summed E-state index contributed by atoms with van der Waals surface area (Å²) >= 11 is 3.38. The summed E-state index contributed by atoms with van der Waals surface area (Å²) < 4.78 is 21.1. The second-order valence-electron chi connectivity index (χ2n) is 6.40. The highest BCUT2D eigenvalue weighted by atomic mass is 79.9. The van der Waals surface area contributed by atoms with Crippen molar-refractivity contribution in [1.82, 2.24) is 9.66 Å². The number of rotatable bonds is 5. The summed E-state index contributed by atoms with van der Waals surface area (Å²) in [6.07, 6.45) is 1.35. The number of aromatic nitrogens is 2. The Balaban J connectivity index is 1.68. The van der Waals surface area contributed by atoms with E-state index in [0.29, 0.717) is 27.8 Å². The largest absolute Gasteiger partial charge is 0.488 e. The van der Waals surface area contributed by atoms with Crippen molar-refractivity contribution in [3.8, 4) is 5.75 Å². The van der Waals surface area contributed by atoms with Crippen LogP contribution in [0.15, 0.2) is 85.9 Å². The highest BCUT2D eigenvalue weighted by Crippen LogP contribution is 2.23. The minimum absolute atomic E-state index is 0.0195. The van der Waals surface area contributed by atoms with E-state index in [1.807, 2.05) is 0 Å². The lowest BCUT2D eigenvalue weighted by molar-refractivity contribution is 0.299. The molecule has 1 heterocycles. The summed E-state index contributed by atoms with van der Waals surface area (Å²) in [6, 6.07) is 18.2. The molecule has 0 spiro atoms. The van der Waals surface area contributed by atoms with Crippen LogP contribution in [-0.4, -0.2) is 15.9 Å². The van der Waals surface area contributed by atoms with Crippen molar-refractivity contribution in [2.75, 3.05) is 0 Å². The fraction of sp³-hybridized carbons (Fsp3) is 0.0455. The molecule has 1 aromatic heterocycles. The average molecular weight is 468 g/mol. The van der Waals surface area contributed by atoms with Crippen LogP contribution < -0.4 is 16.0 Å². The lowest BCUT2D eigenvalue weighted by Gasteiger charge is -2.10. The first-order valence-corrected chi connectivity index (χ1v) is 9.76. The summed E-state index contributed by atoms with van der Waals surface area (Å²) in [5.74, 6) is 0.0644. The van der Waals surface area contributed by atoms with Gasteiger partial charge in [-0.15, -0.1) is 4.68 Å². The van der Waals surface area contributed by atoms with E-state index in [4.69, 9.17) is 4.74 Å². The molecule has 0 fully saturated rings. The minimum atomic E-state index is -0.654. The molecule has 0 aliphatic carbocycles. The van der Waals surface area contributed by atoms with Crippen LogP contribution in [0.25, 0.3) is 10.9 Å². The van der Waals surface area contributed by atoms with E-state index < -0.39 is 11.2 Å². The number of H-pyrrole nitrogens is 1. The van der Waals surface area contributed by atoms with Crippen LogP contribution in [0.1, 0.15) is 11.1 Å². The number of halogens is 2. The number of hydrogen-bond donors (Lipinski definition) is 1. The molecule has 1 N–H and O–H groups in total. The fourth-order valence-corrected chi connectivity index (χ4v) is 3.28. The molecule has 0 radical (unpaired) electrons. The number of nitrogens with zero attached hydrogens (tertiary/aromatic N) is 2. The van der Waals surface area contributed by atoms with Crippen molar-refractivity contribution in [1.29, 1.82) is 0 Å². The number of fused-ring (bicyclic) bond motifs is 1. The fourth-order valence-electron chi connectivity index (χ4n) is 2.90. The third kappa shape index (κ3) is 4.08. The van der Waals surface area contributed by atoms with Gasteiger partial charge < -0.3 is 9.72 Å². The second-order valence-corrected chi connectivity index (χ2v) is 7.32. The van der Waals surface area contributed by atoms with Gasteiger partial charge in [0.25, 0.3) is 5.56 Å². The Kier molecular flexibility index (Phi) is 5.58. The third-order valence-corrected chi connectivity index (χ3v) is 4.90. The minimum Gasteiger partial charge on any atom is -0.488 e. The molecule has 4 rings (SSSR count). The van der Waals surface area contributed by atoms with Crippen LogP contribution in [0.2, 0.25) is 0 Å². The zero-order chi connectivity index (χ0) is 21.1. The van der Waals surface area contributed by atoms with Gasteiger partial charge in [-0.1, -0.05) is 46.3 Å². The number of para-hydroxylation sites is 1. The maximum Gasteiger partial charge on any atom is 0.349 e. The van der Waals surface area contributed by atoms with Gasteiger partial charge in [-0.25, -0.2) is 9.18 Å². The van der Waals surface area contributed by atoms with Gasteiger partial charge in [0, 0.05) is 15.6 Å². The molecular weight excluding hydrogens is 453 g/mol. The summed E-state index contributed by atoms with van der Waals surface area (Å²) in [6.45, 7) is 0.0195. The molecule has 3 aromatic carbocycles. The normalized spacial score (nSPS) is 11.3. The molecule has 30 heavy (non-hydrogen) atoms. The number of nitrogens with one attached hydrogen (secondary N) is 1. The predicted molar refractivity (Wildman–Crippen MR) is 117 cm³/mol. The van der Waals surface area contributed by atoms with E-state index in [1.54, 1.807) is 60.7 Å². The molecule has 0 amide bonds. The van der Waals surface area contributed by atoms with Crippen molar-refractivity contribution in [3.63, 3.8) is 0 Å². The topological polar surface area (TPSA) is 76.5 Å². The van der Waals surface area contributed by atoms with Crippen LogP contribution in [-0.2, 0) is 6.61 Å². The Labute approximate surface area is 178 Å². The maximum absolute atomic E-state index is 13.9. The highest BCUT2D eigenvalue weighted by Gasteiger charge is 2.08. The molecular formula is C22H15BrFN3O3. The van der Waals surface area contributed by atoms with Crippen molar-refractivity contribution in [3.05, 3.63) is 109 Å². The van der Waals surface area contributed by atoms with E-state index in [0.717, 1.165) is 9.15 Å². The van der Waals surface area contributed by atoms with Crippen molar-refractivity contribution >= 4 is 33.0 Å². The Hall–Kier alpha value is -3.52. The highest BCUT2D eigenvalue weighted by molar-refractivity contribution is 9.10. The first-order valence-electron chi connectivity index (χ1n) is 8.97. The zero-order valence-corrected chi connectivity index (χ0v) is 17.1. The third-order valence-electron chi connectivity index (χ3n) is 4.41. The number of ether oxygens (including phenoxy) is 1. The summed E-state index contributed by atoms with van der Waals surface area (Å²) in [5.41, 5.74) is 0.175. The summed E-state index contributed by atoms with van der Waals surface area (Å²) in [4.78, 5) is 27.5. The van der Waals surface area contributed by atoms with Crippen LogP contribution >= 0.6 is 15.9 Å². The van der Waals surface area contributed by atoms with Gasteiger partial charge in [-0.2, -0.15) is 5.10 Å². The number of hydrogen-bond acceptors (Lipinski definition) is 4. The van der Waals surface area contributed by atoms with Gasteiger partial charge in [0.1, 0.15) is 18.2 Å². The van der Waals surface area contributed by atoms with Gasteiger partial charge in [-0.3, -0.25) is 4.79 Å². The van der Waals surface area contributed by atoms with Crippen LogP contribution in [0.3, 0.4) is 0 Å². The zero-order valence-electron chi connectivity index (χ0n) is 15.5. The molecule has 150 valence electrons. The van der Waals surface area contributed by atoms with Gasteiger partial charge in [-0.05, 0) is 36.4 Å². The van der Waals surface area contributed by atoms with Crippen molar-refractivity contribution < 1.29 is 9.13 Å². The molecule has 8 heteroatoms. The number of benzene rings is 3. The van der Waals surface area contributed by atoms with Crippen LogP contribution in [0, 0.1) is 5.82 Å². The lowest BCUT2D eigenvalue weighted by atomic mass is 10.2. The molecule has 0 saturated carbocycles. The molecule has 6 nitrogen and oxygen atoms in total. The molecule has 0 atom stereocenters. The van der Waals surface area contributed by atoms with E-state index in [-0.39, 0.29) is 12.4 Å². The molecule has 0 aliphatic rings. The van der Waals surface area contributed by atoms with E-state index >= 15 is 0 Å². The standard InChI is InChI=1S/C22H15BrFN3O3/c23-16-9-10-20(30-13-14-5-1-3-7-18(14)24)15(11-16)12-25-27-21(28)17-6-2-4-8-19(17)26-22(27)29/h1-12H,13H2,(H,26,29). The Morgan fingerprint density at radius 1 is 1.07 bits per heavy atom. The molecule has 0 unspecified atom stereocenters. The Morgan fingerprint density at radius 3 is 2.67 bits per heavy atom. The predicted octanol–water partition coefficient (Wildman–Crippen LogP) is 4.05. The summed E-state index contributed by atoms with van der Waals surface area (Å²) in [5, 5.41) is 4.41. The monoisotopic (exact) mass is 467 g/mol. The maximum atomic E-state index is 13.9. The van der Waals surface area contributed by atoms with Gasteiger partial charge in [0.2, 0.25) is 0 Å². The first kappa shape index (κ1) is 19.8. The van der Waals surface area contributed by atoms with E-state index in [9.17, 15) is 14.0 Å². The Morgan fingerprint density at radius 2 is 1.83 bits per heavy atom. The average Bonchev–Trinajstić information content (AvgIpc) is 2.74. The molecule has 4 aromatic rings. The lowest BCUT2D eigenvalue weighted by Crippen LogP contribution is -2.32. The summed E-state index contributed by atoms with van der Waals surface area (Å²) in [7, 11) is 0. The smallest absolute Gasteiger partial charge is 0.349 e. The van der Waals surface area contributed by atoms with Crippen molar-refractivity contribution in [2.45, 2.75) is 6.61 Å². The first-order chi connectivity index (χ1) is 14.5. The number of aromatic amines is 1.